The van der Waals surface area contributed by atoms with Gasteiger partial charge in [0.25, 0.3) is 0 Å². The molecule has 0 fully saturated rings. The third kappa shape index (κ3) is 5.26. The monoisotopic (exact) mass is 370 g/mol. The van der Waals surface area contributed by atoms with Gasteiger partial charge in [0.05, 0.1) is 13.2 Å². The number of nitrogens with zero attached hydrogens (tertiary/aromatic N) is 2. The maximum atomic E-state index is 5.71. The van der Waals surface area contributed by atoms with Crippen molar-refractivity contribution in [3.8, 4) is 17.4 Å². The summed E-state index contributed by atoms with van der Waals surface area (Å²) in [5.41, 5.74) is 2.06. The maximum absolute atomic E-state index is 5.71. The second-order valence-electron chi connectivity index (χ2n) is 6.05. The van der Waals surface area contributed by atoms with Crippen molar-refractivity contribution in [1.82, 2.24) is 15.6 Å². The van der Waals surface area contributed by atoms with Crippen molar-refractivity contribution in [1.29, 1.82) is 0 Å². The molecule has 2 N–H and O–H groups in total. The molecular formula is C20H26N4O3. The third-order valence-electron chi connectivity index (χ3n) is 3.94. The second-order valence-corrected chi connectivity index (χ2v) is 6.05. The van der Waals surface area contributed by atoms with Crippen molar-refractivity contribution >= 4 is 5.96 Å². The Balaban J connectivity index is 1.63. The van der Waals surface area contributed by atoms with Gasteiger partial charge < -0.3 is 24.8 Å². The molecule has 0 spiro atoms. The van der Waals surface area contributed by atoms with E-state index in [1.807, 2.05) is 37.3 Å². The Labute approximate surface area is 159 Å². The van der Waals surface area contributed by atoms with Crippen LogP contribution in [0.5, 0.6) is 17.4 Å². The van der Waals surface area contributed by atoms with E-state index < -0.39 is 0 Å². The lowest BCUT2D eigenvalue weighted by molar-refractivity contribution is 0.174. The highest BCUT2D eigenvalue weighted by Crippen LogP contribution is 2.32. The van der Waals surface area contributed by atoms with Crippen LogP contribution in [0.15, 0.2) is 41.5 Å². The second kappa shape index (κ2) is 9.66. The highest BCUT2D eigenvalue weighted by molar-refractivity contribution is 5.79. The Hall–Kier alpha value is -2.96. The quantitative estimate of drug-likeness (QED) is 0.550. The number of hydrogen-bond acceptors (Lipinski definition) is 5. The highest BCUT2D eigenvalue weighted by atomic mass is 16.7. The Morgan fingerprint density at radius 1 is 1.19 bits per heavy atom. The smallest absolute Gasteiger partial charge is 0.231 e. The summed E-state index contributed by atoms with van der Waals surface area (Å²) in [4.78, 5) is 8.97. The zero-order valence-corrected chi connectivity index (χ0v) is 15.8. The molecule has 2 aromatic rings. The normalized spacial score (nSPS) is 12.7. The van der Waals surface area contributed by atoms with E-state index in [0.29, 0.717) is 25.6 Å². The number of ether oxygens (including phenoxy) is 3. The molecule has 0 radical (unpaired) electrons. The van der Waals surface area contributed by atoms with Crippen LogP contribution in [0.25, 0.3) is 0 Å². The SMILES string of the molecule is CCCOc1ncccc1CNC(=NCc1ccc2c(c1)OCO2)NCC. The molecule has 3 rings (SSSR count). The summed E-state index contributed by atoms with van der Waals surface area (Å²) in [6, 6.07) is 9.80. The number of hydrogen-bond donors (Lipinski definition) is 2. The summed E-state index contributed by atoms with van der Waals surface area (Å²) in [5, 5.41) is 6.60. The lowest BCUT2D eigenvalue weighted by Gasteiger charge is -2.13. The Morgan fingerprint density at radius 2 is 2.07 bits per heavy atom. The molecule has 144 valence electrons. The summed E-state index contributed by atoms with van der Waals surface area (Å²) in [7, 11) is 0. The van der Waals surface area contributed by atoms with E-state index in [4.69, 9.17) is 14.2 Å². The van der Waals surface area contributed by atoms with E-state index >= 15 is 0 Å². The molecule has 7 nitrogen and oxygen atoms in total. The van der Waals surface area contributed by atoms with Crippen LogP contribution in [-0.4, -0.2) is 30.9 Å². The van der Waals surface area contributed by atoms with Crippen molar-refractivity contribution in [2.24, 2.45) is 4.99 Å². The summed E-state index contributed by atoms with van der Waals surface area (Å²) in [5.74, 6) is 2.96. The van der Waals surface area contributed by atoms with Crippen LogP contribution in [-0.2, 0) is 13.1 Å². The van der Waals surface area contributed by atoms with Gasteiger partial charge in [-0.25, -0.2) is 9.98 Å². The summed E-state index contributed by atoms with van der Waals surface area (Å²) in [6.45, 7) is 6.95. The number of guanidine groups is 1. The summed E-state index contributed by atoms with van der Waals surface area (Å²) < 4.78 is 16.5. The van der Waals surface area contributed by atoms with Crippen LogP contribution in [0.1, 0.15) is 31.4 Å². The van der Waals surface area contributed by atoms with Gasteiger partial charge in [0.15, 0.2) is 17.5 Å². The first kappa shape index (κ1) is 18.8. The van der Waals surface area contributed by atoms with Crippen LogP contribution in [0.4, 0.5) is 0 Å². The minimum atomic E-state index is 0.278. The summed E-state index contributed by atoms with van der Waals surface area (Å²) in [6.07, 6.45) is 2.69. The van der Waals surface area contributed by atoms with Gasteiger partial charge in [0.2, 0.25) is 12.7 Å². The zero-order chi connectivity index (χ0) is 18.9. The highest BCUT2D eigenvalue weighted by Gasteiger charge is 2.13. The molecule has 0 aliphatic carbocycles. The molecule has 0 bridgehead atoms. The summed E-state index contributed by atoms with van der Waals surface area (Å²) >= 11 is 0. The first-order valence-electron chi connectivity index (χ1n) is 9.27. The fourth-order valence-electron chi connectivity index (χ4n) is 2.62. The van der Waals surface area contributed by atoms with Gasteiger partial charge >= 0.3 is 0 Å². The molecule has 0 amide bonds. The van der Waals surface area contributed by atoms with Crippen LogP contribution < -0.4 is 24.8 Å². The van der Waals surface area contributed by atoms with E-state index in [-0.39, 0.29) is 6.79 Å². The molecule has 7 heteroatoms. The number of aromatic nitrogens is 1. The largest absolute Gasteiger partial charge is 0.477 e. The minimum Gasteiger partial charge on any atom is -0.477 e. The molecular weight excluding hydrogens is 344 g/mol. The minimum absolute atomic E-state index is 0.278. The zero-order valence-electron chi connectivity index (χ0n) is 15.8. The number of benzene rings is 1. The van der Waals surface area contributed by atoms with Crippen molar-refractivity contribution in [3.05, 3.63) is 47.7 Å². The van der Waals surface area contributed by atoms with Crippen LogP contribution in [0, 0.1) is 0 Å². The predicted molar refractivity (Wildman–Crippen MR) is 104 cm³/mol. The molecule has 0 saturated carbocycles. The Bertz CT molecular complexity index is 780. The van der Waals surface area contributed by atoms with Gasteiger partial charge in [-0.15, -0.1) is 0 Å². The molecule has 0 unspecified atom stereocenters. The van der Waals surface area contributed by atoms with E-state index in [0.717, 1.165) is 41.6 Å². The maximum Gasteiger partial charge on any atom is 0.231 e. The predicted octanol–water partition coefficient (Wildman–Crippen LogP) is 2.85. The van der Waals surface area contributed by atoms with Gasteiger partial charge in [0, 0.05) is 24.8 Å². The number of nitrogens with one attached hydrogen (secondary N) is 2. The molecule has 27 heavy (non-hydrogen) atoms. The topological polar surface area (TPSA) is 77.0 Å². The van der Waals surface area contributed by atoms with Crippen LogP contribution in [0.2, 0.25) is 0 Å². The average Bonchev–Trinajstić information content (AvgIpc) is 3.17. The van der Waals surface area contributed by atoms with Gasteiger partial charge in [0.1, 0.15) is 0 Å². The van der Waals surface area contributed by atoms with E-state index in [9.17, 15) is 0 Å². The number of aliphatic imine (C=N–C) groups is 1. The lowest BCUT2D eigenvalue weighted by Crippen LogP contribution is -2.36. The van der Waals surface area contributed by atoms with Crippen LogP contribution in [0.3, 0.4) is 0 Å². The van der Waals surface area contributed by atoms with Crippen molar-refractivity contribution in [3.63, 3.8) is 0 Å². The Kier molecular flexibility index (Phi) is 6.73. The molecule has 0 saturated heterocycles. The fraction of sp³-hybridized carbons (Fsp3) is 0.400. The van der Waals surface area contributed by atoms with Crippen molar-refractivity contribution < 1.29 is 14.2 Å². The fourth-order valence-corrected chi connectivity index (χ4v) is 2.62. The van der Waals surface area contributed by atoms with Crippen LogP contribution >= 0.6 is 0 Å². The number of rotatable bonds is 8. The number of fused-ring (bicyclic) bond motifs is 1. The number of pyridine rings is 1. The molecule has 1 aromatic heterocycles. The van der Waals surface area contributed by atoms with Crippen molar-refractivity contribution in [2.75, 3.05) is 19.9 Å². The first-order valence-corrected chi connectivity index (χ1v) is 9.27. The Morgan fingerprint density at radius 3 is 2.93 bits per heavy atom. The average molecular weight is 370 g/mol. The van der Waals surface area contributed by atoms with Gasteiger partial charge in [-0.2, -0.15) is 0 Å². The van der Waals surface area contributed by atoms with E-state index in [1.165, 1.54) is 0 Å². The van der Waals surface area contributed by atoms with Crippen molar-refractivity contribution in [2.45, 2.75) is 33.4 Å². The molecule has 0 atom stereocenters. The standard InChI is InChI=1S/C20H26N4O3/c1-3-10-25-19-16(6-5-9-22-19)13-24-20(21-4-2)23-12-15-7-8-17-18(11-15)27-14-26-17/h5-9,11H,3-4,10,12-14H2,1-2H3,(H2,21,23,24). The van der Waals surface area contributed by atoms with Gasteiger partial charge in [-0.1, -0.05) is 19.1 Å². The van der Waals surface area contributed by atoms with Gasteiger partial charge in [-0.3, -0.25) is 0 Å². The van der Waals surface area contributed by atoms with E-state index in [2.05, 4.69) is 27.5 Å². The molecule has 1 aliphatic rings. The van der Waals surface area contributed by atoms with Gasteiger partial charge in [-0.05, 0) is 37.1 Å². The third-order valence-corrected chi connectivity index (χ3v) is 3.94. The molecule has 1 aliphatic heterocycles. The molecule has 2 heterocycles. The van der Waals surface area contributed by atoms with E-state index in [1.54, 1.807) is 6.20 Å². The lowest BCUT2D eigenvalue weighted by atomic mass is 10.2. The first-order chi connectivity index (χ1) is 13.3. The molecule has 1 aromatic carbocycles.